The molecule has 1 N–H and O–H groups in total. The van der Waals surface area contributed by atoms with Gasteiger partial charge in [-0.15, -0.1) is 0 Å². The Kier molecular flexibility index (Phi) is 7.52. The molecule has 0 aliphatic rings. The van der Waals surface area contributed by atoms with Crippen LogP contribution in [-0.4, -0.2) is 52.3 Å². The summed E-state index contributed by atoms with van der Waals surface area (Å²) in [5.41, 5.74) is 1.58. The molecule has 0 fully saturated rings. The lowest BCUT2D eigenvalue weighted by Gasteiger charge is -2.24. The van der Waals surface area contributed by atoms with Crippen LogP contribution in [-0.2, 0) is 11.3 Å². The van der Waals surface area contributed by atoms with Crippen LogP contribution in [0.5, 0.6) is 23.0 Å². The molecule has 7 nitrogen and oxygen atoms in total. The lowest BCUT2D eigenvalue weighted by molar-refractivity contribution is -0.120. The van der Waals surface area contributed by atoms with E-state index in [1.54, 1.807) is 46.6 Å². The van der Waals surface area contributed by atoms with Crippen LogP contribution < -0.4 is 24.3 Å². The second-order valence-corrected chi connectivity index (χ2v) is 6.34. The van der Waals surface area contributed by atoms with E-state index in [2.05, 4.69) is 5.32 Å². The molecule has 28 heavy (non-hydrogen) atoms. The number of methoxy groups -OCH3 is 4. The largest absolute Gasteiger partial charge is 0.497 e. The molecule has 0 saturated carbocycles. The lowest BCUT2D eigenvalue weighted by Crippen LogP contribution is -2.39. The number of ether oxygens (including phenoxy) is 4. The minimum atomic E-state index is -0.371. The molecular formula is C21H28N2O5. The molecule has 2 rings (SSSR count). The highest BCUT2D eigenvalue weighted by Crippen LogP contribution is 2.30. The summed E-state index contributed by atoms with van der Waals surface area (Å²) in [5, 5.41) is 2.91. The van der Waals surface area contributed by atoms with E-state index in [9.17, 15) is 4.79 Å². The molecule has 0 aliphatic heterocycles. The van der Waals surface area contributed by atoms with Crippen LogP contribution in [0.25, 0.3) is 0 Å². The van der Waals surface area contributed by atoms with Gasteiger partial charge in [0.15, 0.2) is 11.5 Å². The maximum absolute atomic E-state index is 12.7. The van der Waals surface area contributed by atoms with Gasteiger partial charge in [0, 0.05) is 12.6 Å². The molecule has 0 saturated heterocycles. The van der Waals surface area contributed by atoms with Crippen LogP contribution in [0.3, 0.4) is 0 Å². The summed E-state index contributed by atoms with van der Waals surface area (Å²) in [4.78, 5) is 14.7. The van der Waals surface area contributed by atoms with Crippen LogP contribution in [0.2, 0.25) is 0 Å². The molecule has 2 aromatic carbocycles. The second kappa shape index (κ2) is 9.85. The molecule has 2 aromatic rings. The van der Waals surface area contributed by atoms with E-state index < -0.39 is 0 Å². The van der Waals surface area contributed by atoms with Crippen molar-refractivity contribution in [3.63, 3.8) is 0 Å². The number of amides is 1. The van der Waals surface area contributed by atoms with E-state index in [4.69, 9.17) is 18.9 Å². The Hall–Kier alpha value is -2.93. The summed E-state index contributed by atoms with van der Waals surface area (Å²) in [6.45, 7) is 2.42. The van der Waals surface area contributed by atoms with Crippen molar-refractivity contribution in [2.24, 2.45) is 0 Å². The van der Waals surface area contributed by atoms with E-state index in [0.717, 1.165) is 5.56 Å². The zero-order valence-electron chi connectivity index (χ0n) is 17.2. The lowest BCUT2D eigenvalue weighted by atomic mass is 10.1. The van der Waals surface area contributed by atoms with E-state index >= 15 is 0 Å². The predicted octanol–water partition coefficient (Wildman–Crippen LogP) is 3.18. The van der Waals surface area contributed by atoms with Gasteiger partial charge in [-0.3, -0.25) is 9.69 Å². The highest BCUT2D eigenvalue weighted by molar-refractivity contribution is 5.96. The standard InChI is InChI=1S/C21H28N2O5/c1-14(21(24)22-17-12-16(25-3)8-10-18(17)26-4)23(2)13-15-7-9-19(27-5)20(11-15)28-6/h7-12,14H,13H2,1-6H3,(H,22,24). The number of benzene rings is 2. The van der Waals surface area contributed by atoms with Gasteiger partial charge in [-0.25, -0.2) is 0 Å². The van der Waals surface area contributed by atoms with Gasteiger partial charge in [0.05, 0.1) is 40.2 Å². The molecule has 0 heterocycles. The molecule has 1 unspecified atom stereocenters. The molecule has 0 radical (unpaired) electrons. The van der Waals surface area contributed by atoms with Gasteiger partial charge >= 0.3 is 0 Å². The average Bonchev–Trinajstić information content (AvgIpc) is 2.72. The summed E-state index contributed by atoms with van der Waals surface area (Å²) < 4.78 is 21.2. The summed E-state index contributed by atoms with van der Waals surface area (Å²) in [7, 11) is 8.23. The van der Waals surface area contributed by atoms with Gasteiger partial charge < -0.3 is 24.3 Å². The van der Waals surface area contributed by atoms with E-state index in [1.165, 1.54) is 0 Å². The topological polar surface area (TPSA) is 69.3 Å². The fraction of sp³-hybridized carbons (Fsp3) is 0.381. The summed E-state index contributed by atoms with van der Waals surface area (Å²) >= 11 is 0. The number of nitrogens with one attached hydrogen (secondary N) is 1. The fourth-order valence-corrected chi connectivity index (χ4v) is 2.75. The normalized spacial score (nSPS) is 11.7. The fourth-order valence-electron chi connectivity index (χ4n) is 2.75. The van der Waals surface area contributed by atoms with Crippen LogP contribution in [0, 0.1) is 0 Å². The SMILES string of the molecule is COc1ccc(OC)c(NC(=O)C(C)N(C)Cc2ccc(OC)c(OC)c2)c1. The van der Waals surface area contributed by atoms with Gasteiger partial charge in [-0.1, -0.05) is 6.07 Å². The molecule has 0 aromatic heterocycles. The average molecular weight is 388 g/mol. The Labute approximate surface area is 166 Å². The van der Waals surface area contributed by atoms with Crippen molar-refractivity contribution in [3.8, 4) is 23.0 Å². The number of nitrogens with zero attached hydrogens (tertiary/aromatic N) is 1. The first-order chi connectivity index (χ1) is 13.4. The summed E-state index contributed by atoms with van der Waals surface area (Å²) in [5.74, 6) is 2.40. The van der Waals surface area contributed by atoms with E-state index in [0.29, 0.717) is 35.2 Å². The Morgan fingerprint density at radius 3 is 2.18 bits per heavy atom. The van der Waals surface area contributed by atoms with E-state index in [-0.39, 0.29) is 11.9 Å². The molecule has 0 bridgehead atoms. The molecule has 7 heteroatoms. The number of rotatable bonds is 9. The first-order valence-electron chi connectivity index (χ1n) is 8.87. The number of carbonyl (C=O) groups excluding carboxylic acids is 1. The number of likely N-dealkylation sites (N-methyl/N-ethyl adjacent to an activating group) is 1. The van der Waals surface area contributed by atoms with Crippen LogP contribution in [0.4, 0.5) is 5.69 Å². The van der Waals surface area contributed by atoms with E-state index in [1.807, 2.05) is 37.1 Å². The van der Waals surface area contributed by atoms with Crippen molar-refractivity contribution < 1.29 is 23.7 Å². The number of carbonyl (C=O) groups is 1. The van der Waals surface area contributed by atoms with Crippen molar-refractivity contribution in [1.82, 2.24) is 4.90 Å². The highest BCUT2D eigenvalue weighted by atomic mass is 16.5. The Morgan fingerprint density at radius 1 is 0.929 bits per heavy atom. The van der Waals surface area contributed by atoms with Gasteiger partial charge in [0.2, 0.25) is 5.91 Å². The Balaban J connectivity index is 2.09. The highest BCUT2D eigenvalue weighted by Gasteiger charge is 2.20. The van der Waals surface area contributed by atoms with Gasteiger partial charge in [0.25, 0.3) is 0 Å². The zero-order valence-corrected chi connectivity index (χ0v) is 17.2. The maximum atomic E-state index is 12.7. The summed E-state index contributed by atoms with van der Waals surface area (Å²) in [6, 6.07) is 10.6. The minimum absolute atomic E-state index is 0.144. The van der Waals surface area contributed by atoms with Gasteiger partial charge in [-0.05, 0) is 43.8 Å². The molecule has 152 valence electrons. The minimum Gasteiger partial charge on any atom is -0.497 e. The number of hydrogen-bond donors (Lipinski definition) is 1. The van der Waals surface area contributed by atoms with Crippen molar-refractivity contribution in [3.05, 3.63) is 42.0 Å². The third kappa shape index (κ3) is 5.07. The molecule has 1 atom stereocenters. The van der Waals surface area contributed by atoms with Gasteiger partial charge in [0.1, 0.15) is 11.5 Å². The number of anilines is 1. The molecule has 1 amide bonds. The quantitative estimate of drug-likeness (QED) is 0.712. The van der Waals surface area contributed by atoms with Crippen molar-refractivity contribution in [1.29, 1.82) is 0 Å². The second-order valence-electron chi connectivity index (χ2n) is 6.34. The monoisotopic (exact) mass is 388 g/mol. The first-order valence-corrected chi connectivity index (χ1v) is 8.87. The first kappa shape index (κ1) is 21.4. The molecule has 0 aliphatic carbocycles. The van der Waals surface area contributed by atoms with Gasteiger partial charge in [-0.2, -0.15) is 0 Å². The van der Waals surface area contributed by atoms with Crippen LogP contribution in [0.15, 0.2) is 36.4 Å². The zero-order chi connectivity index (χ0) is 20.7. The molecular weight excluding hydrogens is 360 g/mol. The van der Waals surface area contributed by atoms with Crippen molar-refractivity contribution >= 4 is 11.6 Å². The third-order valence-electron chi connectivity index (χ3n) is 4.59. The number of hydrogen-bond acceptors (Lipinski definition) is 6. The van der Waals surface area contributed by atoms with Crippen molar-refractivity contribution in [2.75, 3.05) is 40.8 Å². The smallest absolute Gasteiger partial charge is 0.241 e. The van der Waals surface area contributed by atoms with Crippen LogP contribution >= 0.6 is 0 Å². The Morgan fingerprint density at radius 2 is 1.57 bits per heavy atom. The van der Waals surface area contributed by atoms with Crippen molar-refractivity contribution in [2.45, 2.75) is 19.5 Å². The third-order valence-corrected chi connectivity index (χ3v) is 4.59. The summed E-state index contributed by atoms with van der Waals surface area (Å²) in [6.07, 6.45) is 0. The maximum Gasteiger partial charge on any atom is 0.241 e. The molecule has 0 spiro atoms. The Bertz CT molecular complexity index is 809. The van der Waals surface area contributed by atoms with Crippen LogP contribution in [0.1, 0.15) is 12.5 Å². The predicted molar refractivity (Wildman–Crippen MR) is 109 cm³/mol.